The van der Waals surface area contributed by atoms with E-state index in [2.05, 4.69) is 5.32 Å². The fourth-order valence-corrected chi connectivity index (χ4v) is 7.14. The van der Waals surface area contributed by atoms with Gasteiger partial charge < -0.3 is 10.2 Å². The molecule has 10 heteroatoms. The Balaban J connectivity index is 1.55. The highest BCUT2D eigenvalue weighted by Crippen LogP contribution is 2.42. The van der Waals surface area contributed by atoms with Crippen molar-refractivity contribution >= 4 is 61.5 Å². The molecule has 0 radical (unpaired) electrons. The molecule has 1 atom stereocenters. The number of carbonyl (C=O) groups excluding carboxylic acids is 2. The van der Waals surface area contributed by atoms with Crippen LogP contribution in [0.3, 0.4) is 0 Å². The van der Waals surface area contributed by atoms with Crippen molar-refractivity contribution in [3.63, 3.8) is 0 Å². The van der Waals surface area contributed by atoms with Gasteiger partial charge in [0.2, 0.25) is 11.8 Å². The fraction of sp³-hybridized carbons (Fsp3) is 0.379. The molecule has 0 saturated carbocycles. The summed E-state index contributed by atoms with van der Waals surface area (Å²) in [5.74, 6) is -0.517. The van der Waals surface area contributed by atoms with Crippen molar-refractivity contribution in [2.45, 2.75) is 70.0 Å². The highest BCUT2D eigenvalue weighted by Gasteiger charge is 2.36. The molecule has 0 spiro atoms. The third-order valence-electron chi connectivity index (χ3n) is 6.67. The summed E-state index contributed by atoms with van der Waals surface area (Å²) >= 11 is 12.5. The Morgan fingerprint density at radius 1 is 1.05 bits per heavy atom. The van der Waals surface area contributed by atoms with Crippen LogP contribution in [0.25, 0.3) is 10.8 Å². The van der Waals surface area contributed by atoms with Crippen molar-refractivity contribution in [3.8, 4) is 0 Å². The maximum absolute atomic E-state index is 13.6. The van der Waals surface area contributed by atoms with Crippen LogP contribution in [0.5, 0.6) is 0 Å². The second-order valence-corrected chi connectivity index (χ2v) is 13.4. The number of rotatable bonds is 9. The van der Waals surface area contributed by atoms with Gasteiger partial charge in [0.25, 0.3) is 10.0 Å². The number of nitrogens with zero attached hydrogens (tertiary/aromatic N) is 2. The summed E-state index contributed by atoms with van der Waals surface area (Å²) in [5, 5.41) is 5.41. The van der Waals surface area contributed by atoms with Crippen LogP contribution in [0.1, 0.15) is 52.5 Å². The lowest BCUT2D eigenvalue weighted by molar-refractivity contribution is -0.142. The van der Waals surface area contributed by atoms with Crippen molar-refractivity contribution < 1.29 is 18.0 Å². The van der Waals surface area contributed by atoms with Crippen LogP contribution in [0.2, 0.25) is 10.0 Å². The van der Waals surface area contributed by atoms with Gasteiger partial charge in [0.15, 0.2) is 0 Å². The number of anilines is 1. The Morgan fingerprint density at radius 3 is 2.38 bits per heavy atom. The summed E-state index contributed by atoms with van der Waals surface area (Å²) in [6, 6.07) is 15.1. The normalized spacial score (nSPS) is 14.9. The van der Waals surface area contributed by atoms with Crippen LogP contribution in [0.4, 0.5) is 5.69 Å². The van der Waals surface area contributed by atoms with E-state index in [-0.39, 0.29) is 42.6 Å². The summed E-state index contributed by atoms with van der Waals surface area (Å²) in [6.45, 7) is 7.77. The molecule has 3 aromatic carbocycles. The summed E-state index contributed by atoms with van der Waals surface area (Å²) in [4.78, 5) is 28.7. The molecule has 1 heterocycles. The molecule has 0 bridgehead atoms. The maximum Gasteiger partial charge on any atom is 0.265 e. The SMILES string of the molecule is CCC(C(=O)NC(C)(C)C)N(Cc1ccc(Cl)cc1Cl)C(=O)CCCN1c2cccc3cccc(c23)S1(=O)=O. The van der Waals surface area contributed by atoms with Gasteiger partial charge in [-0.2, -0.15) is 0 Å². The number of amides is 2. The smallest absolute Gasteiger partial charge is 0.265 e. The highest BCUT2D eigenvalue weighted by atomic mass is 35.5. The molecule has 1 unspecified atom stereocenters. The molecule has 1 N–H and O–H groups in total. The van der Waals surface area contributed by atoms with E-state index in [1.54, 1.807) is 36.4 Å². The second-order valence-electron chi connectivity index (χ2n) is 10.7. The number of hydrogen-bond donors (Lipinski definition) is 1. The Morgan fingerprint density at radius 2 is 1.74 bits per heavy atom. The molecule has 1 aliphatic heterocycles. The molecule has 2 amide bonds. The van der Waals surface area contributed by atoms with Crippen LogP contribution in [-0.2, 0) is 26.2 Å². The van der Waals surface area contributed by atoms with Crippen molar-refractivity contribution in [1.29, 1.82) is 0 Å². The van der Waals surface area contributed by atoms with Gasteiger partial charge in [0.05, 0.1) is 10.6 Å². The summed E-state index contributed by atoms with van der Waals surface area (Å²) in [5.41, 5.74) is 0.814. The quantitative estimate of drug-likeness (QED) is 0.324. The summed E-state index contributed by atoms with van der Waals surface area (Å²) in [6.07, 6.45) is 0.740. The fourth-order valence-electron chi connectivity index (χ4n) is 4.92. The average molecular weight is 591 g/mol. The van der Waals surface area contributed by atoms with Gasteiger partial charge in [0, 0.05) is 40.5 Å². The molecule has 0 aromatic heterocycles. The molecule has 0 aliphatic carbocycles. The lowest BCUT2D eigenvalue weighted by Gasteiger charge is -2.33. The summed E-state index contributed by atoms with van der Waals surface area (Å²) < 4.78 is 28.0. The molecule has 39 heavy (non-hydrogen) atoms. The minimum absolute atomic E-state index is 0.0584. The molecule has 3 aromatic rings. The van der Waals surface area contributed by atoms with E-state index in [1.165, 1.54) is 9.21 Å². The van der Waals surface area contributed by atoms with Gasteiger partial charge >= 0.3 is 0 Å². The Hall–Kier alpha value is -2.81. The first-order valence-electron chi connectivity index (χ1n) is 12.9. The number of benzene rings is 3. The number of carbonyl (C=O) groups is 2. The number of sulfonamides is 1. The van der Waals surface area contributed by atoms with Crippen molar-refractivity contribution in [2.75, 3.05) is 10.8 Å². The number of halogens is 2. The van der Waals surface area contributed by atoms with E-state index in [1.807, 2.05) is 45.9 Å². The van der Waals surface area contributed by atoms with Crippen LogP contribution >= 0.6 is 23.2 Å². The molecule has 0 fully saturated rings. The predicted octanol–water partition coefficient (Wildman–Crippen LogP) is 6.16. The monoisotopic (exact) mass is 589 g/mol. The molecular formula is C29H33Cl2N3O4S. The van der Waals surface area contributed by atoms with Gasteiger partial charge in [-0.25, -0.2) is 8.42 Å². The minimum atomic E-state index is -3.72. The zero-order chi connectivity index (χ0) is 28.5. The van der Waals surface area contributed by atoms with Crippen LogP contribution < -0.4 is 9.62 Å². The Bertz CT molecular complexity index is 1510. The summed E-state index contributed by atoms with van der Waals surface area (Å²) in [7, 11) is -3.72. The van der Waals surface area contributed by atoms with Crippen molar-refractivity contribution in [3.05, 3.63) is 70.2 Å². The van der Waals surface area contributed by atoms with E-state index in [0.717, 1.165) is 5.39 Å². The van der Waals surface area contributed by atoms with E-state index in [0.29, 0.717) is 33.1 Å². The third kappa shape index (κ3) is 6.18. The van der Waals surface area contributed by atoms with Gasteiger partial charge in [-0.05, 0) is 68.8 Å². The lowest BCUT2D eigenvalue weighted by atomic mass is 10.0. The predicted molar refractivity (Wildman–Crippen MR) is 157 cm³/mol. The zero-order valence-electron chi connectivity index (χ0n) is 22.5. The number of hydrogen-bond acceptors (Lipinski definition) is 4. The zero-order valence-corrected chi connectivity index (χ0v) is 24.8. The first-order chi connectivity index (χ1) is 18.3. The second kappa shape index (κ2) is 11.4. The molecule has 1 aliphatic rings. The maximum atomic E-state index is 13.6. The molecule has 4 rings (SSSR count). The van der Waals surface area contributed by atoms with Crippen LogP contribution in [-0.4, -0.2) is 43.3 Å². The van der Waals surface area contributed by atoms with E-state index in [4.69, 9.17) is 23.2 Å². The van der Waals surface area contributed by atoms with Gasteiger partial charge in [0.1, 0.15) is 6.04 Å². The number of nitrogens with one attached hydrogen (secondary N) is 1. The van der Waals surface area contributed by atoms with E-state index in [9.17, 15) is 18.0 Å². The molecule has 0 saturated heterocycles. The van der Waals surface area contributed by atoms with Gasteiger partial charge in [-0.1, -0.05) is 60.5 Å². The van der Waals surface area contributed by atoms with Crippen molar-refractivity contribution in [1.82, 2.24) is 10.2 Å². The topological polar surface area (TPSA) is 86.8 Å². The van der Waals surface area contributed by atoms with E-state index >= 15 is 0 Å². The Labute approximate surface area is 240 Å². The first-order valence-corrected chi connectivity index (χ1v) is 15.1. The average Bonchev–Trinajstić information content (AvgIpc) is 3.07. The largest absolute Gasteiger partial charge is 0.350 e. The van der Waals surface area contributed by atoms with E-state index < -0.39 is 21.6 Å². The van der Waals surface area contributed by atoms with Gasteiger partial charge in [-0.15, -0.1) is 0 Å². The first kappa shape index (κ1) is 29.2. The van der Waals surface area contributed by atoms with Gasteiger partial charge in [-0.3, -0.25) is 13.9 Å². The third-order valence-corrected chi connectivity index (χ3v) is 9.12. The van der Waals surface area contributed by atoms with Crippen molar-refractivity contribution in [2.24, 2.45) is 0 Å². The molecule has 7 nitrogen and oxygen atoms in total. The standard InChI is InChI=1S/C29H33Cl2N3O4S/c1-5-23(28(36)32-29(2,3)4)33(18-20-14-15-21(30)17-22(20)31)26(35)13-8-16-34-24-11-6-9-19-10-7-12-25(27(19)24)39(34,37)38/h6-7,9-12,14-15,17,23H,5,8,13,16,18H2,1-4H3,(H,32,36). The Kier molecular flexibility index (Phi) is 8.50. The minimum Gasteiger partial charge on any atom is -0.350 e. The van der Waals surface area contributed by atoms with Crippen LogP contribution in [0.15, 0.2) is 59.5 Å². The lowest BCUT2D eigenvalue weighted by Crippen LogP contribution is -2.53. The highest BCUT2D eigenvalue weighted by molar-refractivity contribution is 7.93. The molecular weight excluding hydrogens is 557 g/mol. The van der Waals surface area contributed by atoms with Crippen LogP contribution in [0, 0.1) is 0 Å². The molecule has 208 valence electrons.